The summed E-state index contributed by atoms with van der Waals surface area (Å²) in [5.41, 5.74) is 4.80. The monoisotopic (exact) mass is 416 g/mol. The summed E-state index contributed by atoms with van der Waals surface area (Å²) in [6.45, 7) is 4.16. The quantitative estimate of drug-likeness (QED) is 0.586. The number of carbonyl (C=O) groups excluding carboxylic acids is 1. The maximum atomic E-state index is 13.2. The molecule has 2 aromatic carbocycles. The third-order valence-electron chi connectivity index (χ3n) is 5.33. The molecule has 0 spiro atoms. The van der Waals surface area contributed by atoms with Crippen LogP contribution in [0, 0.1) is 5.41 Å². The zero-order valence-electron chi connectivity index (χ0n) is 15.8. The van der Waals surface area contributed by atoms with E-state index in [-0.39, 0.29) is 23.8 Å². The van der Waals surface area contributed by atoms with Crippen molar-refractivity contribution < 1.29 is 9.90 Å². The van der Waals surface area contributed by atoms with Crippen LogP contribution >= 0.6 is 23.2 Å². The van der Waals surface area contributed by atoms with Gasteiger partial charge in [-0.3, -0.25) is 4.79 Å². The number of carbonyl (C=O) groups is 1. The molecular weight excluding hydrogens is 395 g/mol. The fourth-order valence-corrected chi connectivity index (χ4v) is 4.58. The molecule has 1 unspecified atom stereocenters. The normalized spacial score (nSPS) is 20.6. The molecule has 0 bridgehead atoms. The number of benzene rings is 2. The Kier molecular flexibility index (Phi) is 4.90. The van der Waals surface area contributed by atoms with Gasteiger partial charge in [0.15, 0.2) is 5.78 Å². The Labute approximate surface area is 174 Å². The van der Waals surface area contributed by atoms with Gasteiger partial charge in [0.2, 0.25) is 0 Å². The number of allylic oxidation sites excluding steroid dienone is 1. The molecule has 0 saturated heterocycles. The topological polar surface area (TPSA) is 61.4 Å². The van der Waals surface area contributed by atoms with Gasteiger partial charge < -0.3 is 15.7 Å². The Morgan fingerprint density at radius 2 is 1.89 bits per heavy atom. The lowest BCUT2D eigenvalue weighted by molar-refractivity contribution is -0.118. The van der Waals surface area contributed by atoms with Crippen molar-refractivity contribution >= 4 is 40.4 Å². The van der Waals surface area contributed by atoms with Crippen LogP contribution in [0.25, 0.3) is 0 Å². The number of nitrogens with one attached hydrogen (secondary N) is 2. The first kappa shape index (κ1) is 19.3. The van der Waals surface area contributed by atoms with E-state index < -0.39 is 0 Å². The molecular formula is C22H22Cl2N2O2. The van der Waals surface area contributed by atoms with Gasteiger partial charge in [0.1, 0.15) is 0 Å². The predicted octanol–water partition coefficient (Wildman–Crippen LogP) is 5.71. The molecule has 0 aromatic heterocycles. The molecule has 1 atom stereocenters. The summed E-state index contributed by atoms with van der Waals surface area (Å²) in [5.74, 6) is 0.109. The number of fused-ring (bicyclic) bond motifs is 1. The van der Waals surface area contributed by atoms with Crippen molar-refractivity contribution in [2.75, 3.05) is 10.6 Å². The molecule has 6 heteroatoms. The van der Waals surface area contributed by atoms with E-state index in [9.17, 15) is 9.90 Å². The largest absolute Gasteiger partial charge is 0.392 e. The van der Waals surface area contributed by atoms with Gasteiger partial charge in [0.05, 0.1) is 24.0 Å². The van der Waals surface area contributed by atoms with E-state index in [0.717, 1.165) is 34.6 Å². The van der Waals surface area contributed by atoms with Gasteiger partial charge in [-0.05, 0) is 47.2 Å². The third-order valence-corrected chi connectivity index (χ3v) is 5.90. The molecule has 0 amide bonds. The highest BCUT2D eigenvalue weighted by Crippen LogP contribution is 2.46. The van der Waals surface area contributed by atoms with Crippen molar-refractivity contribution in [3.63, 3.8) is 0 Å². The minimum Gasteiger partial charge on any atom is -0.392 e. The Balaban J connectivity index is 1.90. The molecule has 4 nitrogen and oxygen atoms in total. The molecule has 2 aliphatic rings. The van der Waals surface area contributed by atoms with E-state index in [4.69, 9.17) is 23.2 Å². The van der Waals surface area contributed by atoms with Crippen molar-refractivity contribution in [1.82, 2.24) is 0 Å². The maximum absolute atomic E-state index is 13.2. The molecule has 1 aliphatic carbocycles. The number of hydrogen-bond donors (Lipinski definition) is 3. The number of rotatable bonds is 2. The molecule has 28 heavy (non-hydrogen) atoms. The fourth-order valence-electron chi connectivity index (χ4n) is 4.06. The predicted molar refractivity (Wildman–Crippen MR) is 114 cm³/mol. The summed E-state index contributed by atoms with van der Waals surface area (Å²) >= 11 is 12.6. The highest BCUT2D eigenvalue weighted by Gasteiger charge is 2.39. The van der Waals surface area contributed by atoms with Crippen LogP contribution in [-0.4, -0.2) is 10.9 Å². The first-order valence-electron chi connectivity index (χ1n) is 9.26. The van der Waals surface area contributed by atoms with Crippen LogP contribution in [0.15, 0.2) is 47.7 Å². The summed E-state index contributed by atoms with van der Waals surface area (Å²) in [6.07, 6.45) is 1.23. The number of anilines is 2. The smallest absolute Gasteiger partial charge is 0.163 e. The van der Waals surface area contributed by atoms with Gasteiger partial charge >= 0.3 is 0 Å². The van der Waals surface area contributed by atoms with Crippen molar-refractivity contribution in [2.24, 2.45) is 5.41 Å². The van der Waals surface area contributed by atoms with Crippen LogP contribution in [0.4, 0.5) is 11.4 Å². The Hall–Kier alpha value is -2.01. The molecule has 0 saturated carbocycles. The molecule has 1 heterocycles. The van der Waals surface area contributed by atoms with E-state index in [1.807, 2.05) is 24.3 Å². The average molecular weight is 417 g/mol. The highest BCUT2D eigenvalue weighted by atomic mass is 35.5. The second-order valence-corrected chi connectivity index (χ2v) is 9.08. The minimum atomic E-state index is -0.378. The van der Waals surface area contributed by atoms with Crippen LogP contribution in [0.1, 0.15) is 43.9 Å². The Bertz CT molecular complexity index is 998. The van der Waals surface area contributed by atoms with Crippen LogP contribution in [0.5, 0.6) is 0 Å². The number of Topliss-reactive ketones (excluding diaryl/α,β-unsaturated/α-hetero) is 1. The van der Waals surface area contributed by atoms with Crippen LogP contribution in [-0.2, 0) is 11.4 Å². The van der Waals surface area contributed by atoms with Gasteiger partial charge in [-0.25, -0.2) is 0 Å². The zero-order valence-corrected chi connectivity index (χ0v) is 17.3. The standard InChI is InChI=1S/C22H22Cl2N2O2/c1-22(2)9-18-20(19(28)10-22)21(14-5-4-13(23)8-15(14)24)26-16-6-3-12(11-27)7-17(16)25-18/h3-8,21,25-27H,9-11H2,1-2H3. The summed E-state index contributed by atoms with van der Waals surface area (Å²) in [6, 6.07) is 10.7. The van der Waals surface area contributed by atoms with E-state index in [0.29, 0.717) is 22.0 Å². The lowest BCUT2D eigenvalue weighted by Gasteiger charge is -2.34. The summed E-state index contributed by atoms with van der Waals surface area (Å²) < 4.78 is 0. The maximum Gasteiger partial charge on any atom is 0.163 e. The lowest BCUT2D eigenvalue weighted by Crippen LogP contribution is -2.31. The molecule has 146 valence electrons. The van der Waals surface area contributed by atoms with E-state index >= 15 is 0 Å². The van der Waals surface area contributed by atoms with Gasteiger partial charge in [0, 0.05) is 27.7 Å². The molecule has 0 fully saturated rings. The number of halogens is 2. The van der Waals surface area contributed by atoms with Gasteiger partial charge in [-0.2, -0.15) is 0 Å². The molecule has 3 N–H and O–H groups in total. The van der Waals surface area contributed by atoms with E-state index in [1.165, 1.54) is 0 Å². The van der Waals surface area contributed by atoms with Crippen molar-refractivity contribution in [3.05, 3.63) is 68.8 Å². The van der Waals surface area contributed by atoms with E-state index in [2.05, 4.69) is 24.5 Å². The van der Waals surface area contributed by atoms with E-state index in [1.54, 1.807) is 12.1 Å². The molecule has 0 radical (unpaired) electrons. The van der Waals surface area contributed by atoms with Crippen LogP contribution in [0.2, 0.25) is 10.0 Å². The van der Waals surface area contributed by atoms with Gasteiger partial charge in [-0.15, -0.1) is 0 Å². The minimum absolute atomic E-state index is 0.0439. The number of ketones is 1. The SMILES string of the molecule is CC1(C)CC(=O)C2=C(C1)Nc1cc(CO)ccc1NC2c1ccc(Cl)cc1Cl. The second-order valence-electron chi connectivity index (χ2n) is 8.24. The van der Waals surface area contributed by atoms with Gasteiger partial charge in [0.25, 0.3) is 0 Å². The Morgan fingerprint density at radius 1 is 1.11 bits per heavy atom. The van der Waals surface area contributed by atoms with Crippen molar-refractivity contribution in [2.45, 2.75) is 39.3 Å². The summed E-state index contributed by atoms with van der Waals surface area (Å²) in [5, 5.41) is 17.6. The fraction of sp³-hybridized carbons (Fsp3) is 0.318. The second kappa shape index (κ2) is 7.11. The molecule has 4 rings (SSSR count). The average Bonchev–Trinajstić information content (AvgIpc) is 2.76. The highest BCUT2D eigenvalue weighted by molar-refractivity contribution is 6.35. The Morgan fingerprint density at radius 3 is 2.61 bits per heavy atom. The first-order chi connectivity index (χ1) is 13.3. The summed E-state index contributed by atoms with van der Waals surface area (Å²) in [7, 11) is 0. The lowest BCUT2D eigenvalue weighted by atomic mass is 9.73. The first-order valence-corrected chi connectivity index (χ1v) is 10.0. The summed E-state index contributed by atoms with van der Waals surface area (Å²) in [4.78, 5) is 13.2. The number of aliphatic hydroxyl groups is 1. The number of hydrogen-bond acceptors (Lipinski definition) is 4. The van der Waals surface area contributed by atoms with Gasteiger partial charge in [-0.1, -0.05) is 49.2 Å². The molecule has 1 aliphatic heterocycles. The third kappa shape index (κ3) is 3.52. The van der Waals surface area contributed by atoms with Crippen molar-refractivity contribution in [3.8, 4) is 0 Å². The number of aliphatic hydroxyl groups excluding tert-OH is 1. The van der Waals surface area contributed by atoms with Crippen molar-refractivity contribution in [1.29, 1.82) is 0 Å². The zero-order chi connectivity index (χ0) is 20.1. The van der Waals surface area contributed by atoms with Crippen LogP contribution < -0.4 is 10.6 Å². The molecule has 2 aromatic rings. The van der Waals surface area contributed by atoms with Crippen LogP contribution in [0.3, 0.4) is 0 Å².